The zero-order chi connectivity index (χ0) is 35.7. The Labute approximate surface area is 300 Å². The van der Waals surface area contributed by atoms with Gasteiger partial charge in [-0.1, -0.05) is 84.5 Å². The number of ketones is 3. The van der Waals surface area contributed by atoms with E-state index in [1.54, 1.807) is 4.90 Å². The van der Waals surface area contributed by atoms with Gasteiger partial charge >= 0.3 is 0 Å². The number of sulfone groups is 1. The Kier molecular flexibility index (Phi) is 11.7. The molecular weight excluding hydrogens is 653 g/mol. The molecule has 0 aromatic rings. The van der Waals surface area contributed by atoms with Gasteiger partial charge < -0.3 is 10.2 Å². The first kappa shape index (κ1) is 37.7. The molecule has 9 nitrogen and oxygen atoms in total. The summed E-state index contributed by atoms with van der Waals surface area (Å²) in [4.78, 5) is 71.1. The summed E-state index contributed by atoms with van der Waals surface area (Å²) in [5.74, 6) is -2.20. The lowest BCUT2D eigenvalue weighted by Crippen LogP contribution is -2.49. The lowest BCUT2D eigenvalue weighted by molar-refractivity contribution is -0.146. The third kappa shape index (κ3) is 8.25. The van der Waals surface area contributed by atoms with Crippen molar-refractivity contribution in [1.29, 1.82) is 0 Å². The SMILES string of the molecule is CC1(C)[C@@H]2[C@H]3C(=O)C[C@H](C(=O)C(=O)NC4CC4)CCCCCCCCC[C@H](CC(=O)CC4([C@H]5CCCCS5(=O)=O)CCCCC4)C(=O)N3C[C@@H]21. The standard InChI is InChI=1S/C40H62N2O7S/c1-39(2)31-26-42-35(34(31)39)32(44)24-27(36(45)37(46)41-29-18-19-29)15-9-6-4-3-5-7-10-16-28(38(42)47)23-30(43)25-40(20-12-8-13-21-40)33-17-11-14-22-50(33,48)49/h27-29,31,33-35H,3-26H2,1-2H3,(H,41,46)/t27-,28-,31+,33-,34+,35-/m1/s1. The van der Waals surface area contributed by atoms with E-state index in [9.17, 15) is 32.4 Å². The fraction of sp³-hybridized carbons (Fsp3) is 0.875. The quantitative estimate of drug-likeness (QED) is 0.292. The monoisotopic (exact) mass is 714 g/mol. The number of rotatable bonds is 8. The van der Waals surface area contributed by atoms with Crippen molar-refractivity contribution in [3.05, 3.63) is 0 Å². The van der Waals surface area contributed by atoms with E-state index in [4.69, 9.17) is 0 Å². The van der Waals surface area contributed by atoms with Crippen LogP contribution in [0, 0.1) is 34.5 Å². The normalized spacial score (nSPS) is 34.6. The van der Waals surface area contributed by atoms with Crippen molar-refractivity contribution < 1.29 is 32.4 Å². The van der Waals surface area contributed by atoms with Crippen molar-refractivity contribution >= 4 is 39.0 Å². The molecule has 3 aliphatic heterocycles. The van der Waals surface area contributed by atoms with E-state index in [0.717, 1.165) is 96.3 Å². The summed E-state index contributed by atoms with van der Waals surface area (Å²) in [5, 5.41) is 2.35. The number of amides is 2. The smallest absolute Gasteiger partial charge is 0.287 e. The Morgan fingerprint density at radius 3 is 2.08 bits per heavy atom. The fourth-order valence-corrected chi connectivity index (χ4v) is 13.2. The molecule has 50 heavy (non-hydrogen) atoms. The molecule has 0 unspecified atom stereocenters. The second kappa shape index (κ2) is 15.5. The van der Waals surface area contributed by atoms with E-state index in [1.807, 2.05) is 0 Å². The molecule has 2 amide bonds. The van der Waals surface area contributed by atoms with Crippen LogP contribution in [0.2, 0.25) is 0 Å². The highest BCUT2D eigenvalue weighted by molar-refractivity contribution is 7.92. The first-order valence-electron chi connectivity index (χ1n) is 20.3. The molecule has 0 bridgehead atoms. The number of nitrogens with zero attached hydrogens (tertiary/aromatic N) is 1. The van der Waals surface area contributed by atoms with Crippen molar-refractivity contribution in [3.8, 4) is 0 Å². The topological polar surface area (TPSA) is 135 Å². The second-order valence-corrected chi connectivity index (χ2v) is 20.1. The molecule has 3 aliphatic carbocycles. The van der Waals surface area contributed by atoms with Gasteiger partial charge in [0, 0.05) is 43.7 Å². The molecule has 280 valence electrons. The van der Waals surface area contributed by atoms with Gasteiger partial charge in [-0.15, -0.1) is 0 Å². The zero-order valence-electron chi connectivity index (χ0n) is 30.7. The molecule has 1 N–H and O–H groups in total. The molecule has 6 fully saturated rings. The van der Waals surface area contributed by atoms with Crippen LogP contribution in [0.1, 0.15) is 155 Å². The van der Waals surface area contributed by atoms with Gasteiger partial charge in [-0.3, -0.25) is 24.0 Å². The van der Waals surface area contributed by atoms with E-state index in [0.29, 0.717) is 32.2 Å². The van der Waals surface area contributed by atoms with E-state index in [1.165, 1.54) is 0 Å². The largest absolute Gasteiger partial charge is 0.347 e. The van der Waals surface area contributed by atoms with Gasteiger partial charge in [0.2, 0.25) is 11.7 Å². The van der Waals surface area contributed by atoms with Gasteiger partial charge in [-0.05, 0) is 74.0 Å². The van der Waals surface area contributed by atoms with Crippen LogP contribution in [0.4, 0.5) is 0 Å². The van der Waals surface area contributed by atoms with Crippen LogP contribution in [-0.4, -0.2) is 72.1 Å². The van der Waals surface area contributed by atoms with E-state index >= 15 is 0 Å². The van der Waals surface area contributed by atoms with Crippen molar-refractivity contribution in [2.75, 3.05) is 12.3 Å². The number of carbonyl (C=O) groups excluding carboxylic acids is 5. The van der Waals surface area contributed by atoms with Gasteiger partial charge in [0.25, 0.3) is 5.91 Å². The summed E-state index contributed by atoms with van der Waals surface area (Å²) in [6, 6.07) is -0.587. The summed E-state index contributed by atoms with van der Waals surface area (Å²) >= 11 is 0. The number of hydrogen-bond donors (Lipinski definition) is 1. The molecule has 6 atom stereocenters. The number of Topliss-reactive ketones (excluding diaryl/α,β-unsaturated/α-hetero) is 3. The van der Waals surface area contributed by atoms with E-state index in [-0.39, 0.29) is 65.8 Å². The molecule has 10 heteroatoms. The van der Waals surface area contributed by atoms with Crippen molar-refractivity contribution in [3.63, 3.8) is 0 Å². The van der Waals surface area contributed by atoms with Gasteiger partial charge in [0.05, 0.1) is 17.0 Å². The first-order chi connectivity index (χ1) is 23.8. The minimum atomic E-state index is -3.27. The predicted molar refractivity (Wildman–Crippen MR) is 192 cm³/mol. The summed E-state index contributed by atoms with van der Waals surface area (Å²) in [6.45, 7) is 4.76. The van der Waals surface area contributed by atoms with Crippen LogP contribution in [0.15, 0.2) is 0 Å². The molecule has 3 saturated carbocycles. The molecule has 3 saturated heterocycles. The van der Waals surface area contributed by atoms with Gasteiger partial charge in [-0.25, -0.2) is 8.42 Å². The van der Waals surface area contributed by atoms with Crippen molar-refractivity contribution in [2.24, 2.45) is 34.5 Å². The highest BCUT2D eigenvalue weighted by Crippen LogP contribution is 2.65. The predicted octanol–water partition coefficient (Wildman–Crippen LogP) is 6.30. The Morgan fingerprint density at radius 2 is 1.42 bits per heavy atom. The van der Waals surface area contributed by atoms with E-state index in [2.05, 4.69) is 19.2 Å². The van der Waals surface area contributed by atoms with Crippen LogP contribution in [0.25, 0.3) is 0 Å². The highest BCUT2D eigenvalue weighted by Gasteiger charge is 2.69. The summed E-state index contributed by atoms with van der Waals surface area (Å²) < 4.78 is 26.7. The molecule has 0 aromatic carbocycles. The highest BCUT2D eigenvalue weighted by atomic mass is 32.2. The number of hydrogen-bond acceptors (Lipinski definition) is 7. The number of carbonyl (C=O) groups is 5. The van der Waals surface area contributed by atoms with Crippen molar-refractivity contribution in [2.45, 2.75) is 172 Å². The maximum absolute atomic E-state index is 14.6. The van der Waals surface area contributed by atoms with Crippen LogP contribution in [0.3, 0.4) is 0 Å². The van der Waals surface area contributed by atoms with Gasteiger partial charge in [0.1, 0.15) is 5.78 Å². The van der Waals surface area contributed by atoms with Gasteiger partial charge in [0.15, 0.2) is 15.6 Å². The van der Waals surface area contributed by atoms with Crippen LogP contribution >= 0.6 is 0 Å². The maximum atomic E-state index is 14.6. The Hall–Kier alpha value is -2.10. The minimum absolute atomic E-state index is 0.00671. The van der Waals surface area contributed by atoms with Crippen molar-refractivity contribution in [1.82, 2.24) is 10.2 Å². The fourth-order valence-electron chi connectivity index (χ4n) is 10.7. The summed E-state index contributed by atoms with van der Waals surface area (Å²) in [6.07, 6.45) is 16.4. The zero-order valence-corrected chi connectivity index (χ0v) is 31.5. The lowest BCUT2D eigenvalue weighted by Gasteiger charge is -2.44. The van der Waals surface area contributed by atoms with Crippen LogP contribution < -0.4 is 5.32 Å². The van der Waals surface area contributed by atoms with Crippen LogP contribution in [0.5, 0.6) is 0 Å². The average molecular weight is 715 g/mol. The first-order valence-corrected chi connectivity index (χ1v) is 22.0. The molecule has 3 heterocycles. The van der Waals surface area contributed by atoms with Gasteiger partial charge in [-0.2, -0.15) is 0 Å². The van der Waals surface area contributed by atoms with E-state index < -0.39 is 50.1 Å². The number of nitrogens with one attached hydrogen (secondary N) is 1. The molecule has 6 aliphatic rings. The average Bonchev–Trinajstić information content (AvgIpc) is 3.92. The molecule has 0 radical (unpaired) electrons. The Bertz CT molecular complexity index is 1410. The molecule has 0 aromatic heterocycles. The lowest BCUT2D eigenvalue weighted by atomic mass is 9.67. The Morgan fingerprint density at radius 1 is 0.800 bits per heavy atom. The third-order valence-corrected chi connectivity index (χ3v) is 16.3. The third-order valence-electron chi connectivity index (χ3n) is 13.9. The molecule has 6 rings (SSSR count). The number of fused-ring (bicyclic) bond motifs is 3. The van der Waals surface area contributed by atoms with Crippen LogP contribution in [-0.2, 0) is 33.8 Å². The summed E-state index contributed by atoms with van der Waals surface area (Å²) in [5.41, 5.74) is -0.633. The minimum Gasteiger partial charge on any atom is -0.347 e. The number of piperidine rings is 1. The maximum Gasteiger partial charge on any atom is 0.287 e. The molecule has 0 spiro atoms. The Balaban J connectivity index is 1.22. The second-order valence-electron chi connectivity index (χ2n) is 17.8. The summed E-state index contributed by atoms with van der Waals surface area (Å²) in [7, 11) is -3.27. The molecular formula is C40H62N2O7S.